The van der Waals surface area contributed by atoms with Gasteiger partial charge >= 0.3 is 0 Å². The Kier molecular flexibility index (Phi) is 6.21. The summed E-state index contributed by atoms with van der Waals surface area (Å²) in [5.74, 6) is 0. The number of hydrogen-bond donors (Lipinski definition) is 0. The summed E-state index contributed by atoms with van der Waals surface area (Å²) >= 11 is 24.6. The lowest BCUT2D eigenvalue weighted by atomic mass is 10.0. The van der Waals surface area contributed by atoms with E-state index in [1.807, 2.05) is 24.3 Å². The van der Waals surface area contributed by atoms with Gasteiger partial charge in [0.15, 0.2) is 0 Å². The van der Waals surface area contributed by atoms with Gasteiger partial charge in [-0.25, -0.2) is 0 Å². The minimum Gasteiger partial charge on any atom is -0.364 e. The number of hydrogen-bond acceptors (Lipinski definition) is 2. The van der Waals surface area contributed by atoms with Crippen LogP contribution < -0.4 is 0 Å². The molecule has 3 rings (SSSR count). The molecule has 1 atom stereocenters. The molecule has 0 radical (unpaired) electrons. The zero-order valence-electron chi connectivity index (χ0n) is 12.9. The number of rotatable bonds is 5. The topological polar surface area (TPSA) is 22.1 Å². The highest BCUT2D eigenvalue weighted by Crippen LogP contribution is 2.34. The zero-order valence-corrected chi connectivity index (χ0v) is 15.9. The van der Waals surface area contributed by atoms with Crippen LogP contribution in [0, 0.1) is 0 Å². The van der Waals surface area contributed by atoms with Crippen LogP contribution in [0.25, 0.3) is 0 Å². The first kappa shape index (κ1) is 18.5. The molecule has 0 aliphatic rings. The van der Waals surface area contributed by atoms with E-state index in [1.54, 1.807) is 36.7 Å². The Hall–Kier alpha value is -1.29. The Balaban J connectivity index is 1.92. The second-order valence-corrected chi connectivity index (χ2v) is 7.07. The highest BCUT2D eigenvalue weighted by atomic mass is 35.5. The summed E-state index contributed by atoms with van der Waals surface area (Å²) in [5, 5.41) is 2.24. The van der Waals surface area contributed by atoms with Crippen molar-refractivity contribution in [2.45, 2.75) is 12.7 Å². The lowest BCUT2D eigenvalue weighted by Crippen LogP contribution is -2.08. The molecule has 0 spiro atoms. The average Bonchev–Trinajstić information content (AvgIpc) is 2.59. The predicted molar refractivity (Wildman–Crippen MR) is 104 cm³/mol. The van der Waals surface area contributed by atoms with E-state index in [0.29, 0.717) is 26.7 Å². The molecule has 25 heavy (non-hydrogen) atoms. The molecule has 2 aromatic carbocycles. The van der Waals surface area contributed by atoms with E-state index >= 15 is 0 Å². The molecule has 1 unspecified atom stereocenters. The summed E-state index contributed by atoms with van der Waals surface area (Å²) in [5.41, 5.74) is 2.53. The minimum atomic E-state index is -0.398. The predicted octanol–water partition coefficient (Wildman–Crippen LogP) is 7.00. The van der Waals surface area contributed by atoms with E-state index in [0.717, 1.165) is 16.7 Å². The van der Waals surface area contributed by atoms with Gasteiger partial charge in [-0.2, -0.15) is 0 Å². The van der Waals surface area contributed by atoms with E-state index < -0.39 is 6.10 Å². The number of ether oxygens (including phenoxy) is 1. The largest absolute Gasteiger partial charge is 0.364 e. The molecular weight excluding hydrogens is 400 g/mol. The third-order valence-corrected chi connectivity index (χ3v) is 4.80. The summed E-state index contributed by atoms with van der Waals surface area (Å²) < 4.78 is 6.15. The fourth-order valence-electron chi connectivity index (χ4n) is 2.42. The Labute approximate surface area is 166 Å². The van der Waals surface area contributed by atoms with Crippen molar-refractivity contribution in [2.75, 3.05) is 0 Å². The van der Waals surface area contributed by atoms with Crippen molar-refractivity contribution >= 4 is 46.4 Å². The maximum absolute atomic E-state index is 6.38. The molecular formula is C19H13Cl4NO. The van der Waals surface area contributed by atoms with Gasteiger partial charge in [0.1, 0.15) is 6.10 Å². The van der Waals surface area contributed by atoms with Gasteiger partial charge in [-0.1, -0.05) is 64.6 Å². The molecule has 128 valence electrons. The van der Waals surface area contributed by atoms with E-state index in [1.165, 1.54) is 0 Å². The fraction of sp³-hybridized carbons (Fsp3) is 0.105. The maximum atomic E-state index is 6.38. The van der Waals surface area contributed by atoms with Crippen molar-refractivity contribution in [3.63, 3.8) is 0 Å². The first-order valence-electron chi connectivity index (χ1n) is 7.45. The van der Waals surface area contributed by atoms with E-state index in [9.17, 15) is 0 Å². The third-order valence-electron chi connectivity index (χ3n) is 3.65. The molecule has 1 heterocycles. The normalized spacial score (nSPS) is 12.2. The Morgan fingerprint density at radius 1 is 0.880 bits per heavy atom. The first-order chi connectivity index (χ1) is 12.0. The van der Waals surface area contributed by atoms with Gasteiger partial charge in [0.25, 0.3) is 0 Å². The Bertz CT molecular complexity index is 871. The number of aromatic nitrogens is 1. The van der Waals surface area contributed by atoms with Crippen LogP contribution in [0.2, 0.25) is 20.1 Å². The second kappa shape index (κ2) is 8.39. The summed E-state index contributed by atoms with van der Waals surface area (Å²) in [4.78, 5) is 4.17. The molecule has 1 aromatic heterocycles. The molecule has 0 saturated carbocycles. The van der Waals surface area contributed by atoms with Gasteiger partial charge in [0.2, 0.25) is 0 Å². The second-order valence-electron chi connectivity index (χ2n) is 5.38. The molecule has 3 aromatic rings. The van der Waals surface area contributed by atoms with Crippen LogP contribution in [0.1, 0.15) is 22.8 Å². The highest BCUT2D eigenvalue weighted by molar-refractivity contribution is 6.35. The molecule has 6 heteroatoms. The molecule has 0 fully saturated rings. The number of benzene rings is 2. The molecule has 0 aliphatic carbocycles. The first-order valence-corrected chi connectivity index (χ1v) is 8.96. The van der Waals surface area contributed by atoms with E-state index in [-0.39, 0.29) is 0 Å². The van der Waals surface area contributed by atoms with Crippen LogP contribution in [0.5, 0.6) is 0 Å². The van der Waals surface area contributed by atoms with Gasteiger partial charge in [0, 0.05) is 43.6 Å². The molecule has 0 N–H and O–H groups in total. The SMILES string of the molecule is Clc1ccc(COC(c2cccnc2)c2ccc(Cl)cc2Cl)c(Cl)c1. The molecule has 0 aliphatic heterocycles. The third kappa shape index (κ3) is 4.66. The Morgan fingerprint density at radius 2 is 1.60 bits per heavy atom. The monoisotopic (exact) mass is 411 g/mol. The summed E-state index contributed by atoms with van der Waals surface area (Å²) in [7, 11) is 0. The lowest BCUT2D eigenvalue weighted by Gasteiger charge is -2.20. The van der Waals surface area contributed by atoms with Gasteiger partial charge in [-0.15, -0.1) is 0 Å². The van der Waals surface area contributed by atoms with Crippen molar-refractivity contribution < 1.29 is 4.74 Å². The highest BCUT2D eigenvalue weighted by Gasteiger charge is 2.19. The van der Waals surface area contributed by atoms with Crippen LogP contribution in [0.15, 0.2) is 60.9 Å². The van der Waals surface area contributed by atoms with Crippen LogP contribution in [0.3, 0.4) is 0 Å². The average molecular weight is 413 g/mol. The number of pyridine rings is 1. The smallest absolute Gasteiger partial charge is 0.111 e. The van der Waals surface area contributed by atoms with Crippen LogP contribution in [-0.4, -0.2) is 4.98 Å². The lowest BCUT2D eigenvalue weighted by molar-refractivity contribution is 0.0666. The van der Waals surface area contributed by atoms with Crippen molar-refractivity contribution in [2.24, 2.45) is 0 Å². The summed E-state index contributed by atoms with van der Waals surface area (Å²) in [6.45, 7) is 0.300. The van der Waals surface area contributed by atoms with Gasteiger partial charge in [0.05, 0.1) is 6.61 Å². The van der Waals surface area contributed by atoms with E-state index in [4.69, 9.17) is 51.1 Å². The maximum Gasteiger partial charge on any atom is 0.111 e. The van der Waals surface area contributed by atoms with Crippen molar-refractivity contribution in [3.05, 3.63) is 97.7 Å². The van der Waals surface area contributed by atoms with Crippen LogP contribution in [-0.2, 0) is 11.3 Å². The van der Waals surface area contributed by atoms with Crippen molar-refractivity contribution in [1.29, 1.82) is 0 Å². The van der Waals surface area contributed by atoms with Crippen LogP contribution in [0.4, 0.5) is 0 Å². The zero-order chi connectivity index (χ0) is 17.8. The quantitative estimate of drug-likeness (QED) is 0.449. The summed E-state index contributed by atoms with van der Waals surface area (Å²) in [6, 6.07) is 14.4. The number of halogens is 4. The van der Waals surface area contributed by atoms with Crippen molar-refractivity contribution in [3.8, 4) is 0 Å². The van der Waals surface area contributed by atoms with E-state index in [2.05, 4.69) is 4.98 Å². The molecule has 0 amide bonds. The van der Waals surface area contributed by atoms with Gasteiger partial charge in [-0.05, 0) is 35.9 Å². The number of nitrogens with zero attached hydrogens (tertiary/aromatic N) is 1. The molecule has 0 bridgehead atoms. The van der Waals surface area contributed by atoms with Gasteiger partial charge in [-0.3, -0.25) is 4.98 Å². The minimum absolute atomic E-state index is 0.300. The van der Waals surface area contributed by atoms with Gasteiger partial charge < -0.3 is 4.74 Å². The fourth-order valence-corrected chi connectivity index (χ4v) is 3.39. The standard InChI is InChI=1S/C19H13Cl4NO/c20-14-4-3-13(17(22)8-14)11-25-19(12-2-1-7-24-10-12)16-6-5-15(21)9-18(16)23/h1-10,19H,11H2. The van der Waals surface area contributed by atoms with Crippen molar-refractivity contribution in [1.82, 2.24) is 4.98 Å². The Morgan fingerprint density at radius 3 is 2.24 bits per heavy atom. The summed E-state index contributed by atoms with van der Waals surface area (Å²) in [6.07, 6.45) is 3.06. The molecule has 0 saturated heterocycles. The molecule has 2 nitrogen and oxygen atoms in total. The van der Waals surface area contributed by atoms with Crippen LogP contribution >= 0.6 is 46.4 Å².